The van der Waals surface area contributed by atoms with Crippen LogP contribution in [0.25, 0.3) is 0 Å². The van der Waals surface area contributed by atoms with Gasteiger partial charge in [-0.05, 0) is 25.2 Å². The molecule has 0 radical (unpaired) electrons. The zero-order valence-electron chi connectivity index (χ0n) is 10.9. The van der Waals surface area contributed by atoms with Crippen LogP contribution < -0.4 is 0 Å². The maximum absolute atomic E-state index is 12.3. The lowest BCUT2D eigenvalue weighted by Gasteiger charge is -2.36. The van der Waals surface area contributed by atoms with E-state index in [1.165, 1.54) is 25.7 Å². The van der Waals surface area contributed by atoms with Crippen molar-refractivity contribution in [1.82, 2.24) is 9.80 Å². The number of carbonyl (C=O) groups is 2. The van der Waals surface area contributed by atoms with E-state index in [0.717, 1.165) is 38.3 Å². The highest BCUT2D eigenvalue weighted by Gasteiger charge is 2.41. The summed E-state index contributed by atoms with van der Waals surface area (Å²) in [4.78, 5) is 27.8. The number of piperazine rings is 1. The minimum absolute atomic E-state index is 0.130. The standard InChI is InChI=1S/C14H22N2O2/c17-13-10-15(9-7-11-4-1-2-5-11)14(18)12-6-3-8-16(12)13/h11-12H,1-10H2. The van der Waals surface area contributed by atoms with Crippen molar-refractivity contribution < 1.29 is 9.59 Å². The summed E-state index contributed by atoms with van der Waals surface area (Å²) < 4.78 is 0. The van der Waals surface area contributed by atoms with E-state index in [9.17, 15) is 9.59 Å². The maximum atomic E-state index is 12.3. The lowest BCUT2D eigenvalue weighted by molar-refractivity contribution is -0.153. The third kappa shape index (κ3) is 2.13. The molecule has 0 N–H and O–H groups in total. The molecule has 4 nitrogen and oxygen atoms in total. The summed E-state index contributed by atoms with van der Waals surface area (Å²) in [5.74, 6) is 1.14. The van der Waals surface area contributed by atoms with Crippen LogP contribution in [0.4, 0.5) is 0 Å². The molecule has 1 atom stereocenters. The number of fused-ring (bicyclic) bond motifs is 1. The molecule has 4 heteroatoms. The first-order valence-corrected chi connectivity index (χ1v) is 7.34. The van der Waals surface area contributed by atoms with Gasteiger partial charge >= 0.3 is 0 Å². The molecule has 0 aromatic carbocycles. The second-order valence-corrected chi connectivity index (χ2v) is 5.94. The van der Waals surface area contributed by atoms with Crippen LogP contribution in [0.2, 0.25) is 0 Å². The summed E-state index contributed by atoms with van der Waals surface area (Å²) >= 11 is 0. The Balaban J connectivity index is 1.58. The van der Waals surface area contributed by atoms with Gasteiger partial charge in [0.05, 0.1) is 6.54 Å². The van der Waals surface area contributed by atoms with Crippen LogP contribution in [-0.2, 0) is 9.59 Å². The van der Waals surface area contributed by atoms with Gasteiger partial charge in [-0.15, -0.1) is 0 Å². The molecule has 3 fully saturated rings. The van der Waals surface area contributed by atoms with Crippen LogP contribution >= 0.6 is 0 Å². The SMILES string of the molecule is O=C1C2CCCN2C(=O)CN1CCC1CCCC1. The van der Waals surface area contributed by atoms with E-state index in [4.69, 9.17) is 0 Å². The first-order valence-electron chi connectivity index (χ1n) is 7.34. The van der Waals surface area contributed by atoms with Gasteiger partial charge in [-0.3, -0.25) is 9.59 Å². The average Bonchev–Trinajstić information content (AvgIpc) is 3.01. The lowest BCUT2D eigenvalue weighted by atomic mass is 10.0. The van der Waals surface area contributed by atoms with Crippen molar-refractivity contribution in [2.75, 3.05) is 19.6 Å². The molecule has 2 saturated heterocycles. The second-order valence-electron chi connectivity index (χ2n) is 5.94. The van der Waals surface area contributed by atoms with Crippen LogP contribution in [0.3, 0.4) is 0 Å². The zero-order chi connectivity index (χ0) is 12.5. The zero-order valence-corrected chi connectivity index (χ0v) is 10.9. The first kappa shape index (κ1) is 12.0. The fourth-order valence-corrected chi connectivity index (χ4v) is 3.69. The Kier molecular flexibility index (Phi) is 3.27. The van der Waals surface area contributed by atoms with Gasteiger partial charge in [0, 0.05) is 13.1 Å². The normalized spacial score (nSPS) is 29.2. The van der Waals surface area contributed by atoms with Crippen molar-refractivity contribution in [2.45, 2.75) is 51.0 Å². The van der Waals surface area contributed by atoms with Crippen molar-refractivity contribution in [1.29, 1.82) is 0 Å². The Bertz CT molecular complexity index is 350. The largest absolute Gasteiger partial charge is 0.332 e. The Morgan fingerprint density at radius 1 is 1.06 bits per heavy atom. The van der Waals surface area contributed by atoms with Gasteiger partial charge in [0.2, 0.25) is 11.8 Å². The second kappa shape index (κ2) is 4.90. The Labute approximate surface area is 108 Å². The number of nitrogens with zero attached hydrogens (tertiary/aromatic N) is 2. The van der Waals surface area contributed by atoms with Crippen molar-refractivity contribution >= 4 is 11.8 Å². The van der Waals surface area contributed by atoms with E-state index >= 15 is 0 Å². The molecule has 2 amide bonds. The summed E-state index contributed by atoms with van der Waals surface area (Å²) in [7, 11) is 0. The summed E-state index contributed by atoms with van der Waals surface area (Å²) in [6.45, 7) is 1.90. The molecule has 1 unspecified atom stereocenters. The number of hydrogen-bond acceptors (Lipinski definition) is 2. The van der Waals surface area contributed by atoms with E-state index in [1.54, 1.807) is 4.90 Å². The molecule has 2 aliphatic heterocycles. The van der Waals surface area contributed by atoms with E-state index < -0.39 is 0 Å². The summed E-state index contributed by atoms with van der Waals surface area (Å²) in [5, 5.41) is 0. The molecule has 1 saturated carbocycles. The van der Waals surface area contributed by atoms with Crippen LogP contribution in [-0.4, -0.2) is 47.3 Å². The molecule has 0 aromatic rings. The molecule has 0 aromatic heterocycles. The minimum atomic E-state index is -0.130. The number of rotatable bonds is 3. The van der Waals surface area contributed by atoms with Gasteiger partial charge in [-0.25, -0.2) is 0 Å². The van der Waals surface area contributed by atoms with E-state index in [1.807, 2.05) is 4.90 Å². The molecule has 100 valence electrons. The van der Waals surface area contributed by atoms with Gasteiger partial charge in [0.15, 0.2) is 0 Å². The fraction of sp³-hybridized carbons (Fsp3) is 0.857. The highest BCUT2D eigenvalue weighted by atomic mass is 16.2. The number of carbonyl (C=O) groups excluding carboxylic acids is 2. The predicted octanol–water partition coefficient (Wildman–Crippen LogP) is 1.40. The molecule has 0 spiro atoms. The van der Waals surface area contributed by atoms with Crippen LogP contribution in [0.15, 0.2) is 0 Å². The fourth-order valence-electron chi connectivity index (χ4n) is 3.69. The highest BCUT2D eigenvalue weighted by Crippen LogP contribution is 2.29. The molecule has 1 aliphatic carbocycles. The van der Waals surface area contributed by atoms with Gasteiger partial charge in [-0.2, -0.15) is 0 Å². The Hall–Kier alpha value is -1.06. The van der Waals surface area contributed by atoms with Crippen molar-refractivity contribution in [3.63, 3.8) is 0 Å². The van der Waals surface area contributed by atoms with Crippen LogP contribution in [0.1, 0.15) is 44.9 Å². The third-order valence-electron chi connectivity index (χ3n) is 4.78. The molecule has 3 aliphatic rings. The number of amides is 2. The van der Waals surface area contributed by atoms with Crippen molar-refractivity contribution in [3.05, 3.63) is 0 Å². The van der Waals surface area contributed by atoms with Gasteiger partial charge in [0.25, 0.3) is 0 Å². The summed E-state index contributed by atoms with van der Waals surface area (Å²) in [5.41, 5.74) is 0. The number of hydrogen-bond donors (Lipinski definition) is 0. The smallest absolute Gasteiger partial charge is 0.245 e. The molecule has 3 rings (SSSR count). The molecule has 18 heavy (non-hydrogen) atoms. The molecular weight excluding hydrogens is 228 g/mol. The third-order valence-corrected chi connectivity index (χ3v) is 4.78. The van der Waals surface area contributed by atoms with Gasteiger partial charge in [0.1, 0.15) is 6.04 Å². The topological polar surface area (TPSA) is 40.6 Å². The van der Waals surface area contributed by atoms with E-state index in [0.29, 0.717) is 6.54 Å². The molecule has 0 bridgehead atoms. The van der Waals surface area contributed by atoms with Gasteiger partial charge in [-0.1, -0.05) is 25.7 Å². The average molecular weight is 250 g/mol. The Morgan fingerprint density at radius 3 is 2.61 bits per heavy atom. The Morgan fingerprint density at radius 2 is 1.83 bits per heavy atom. The highest BCUT2D eigenvalue weighted by molar-refractivity contribution is 5.95. The van der Waals surface area contributed by atoms with E-state index in [2.05, 4.69) is 0 Å². The lowest BCUT2D eigenvalue weighted by Crippen LogP contribution is -2.57. The van der Waals surface area contributed by atoms with Gasteiger partial charge < -0.3 is 9.80 Å². The molecule has 2 heterocycles. The van der Waals surface area contributed by atoms with Crippen LogP contribution in [0, 0.1) is 5.92 Å². The first-order chi connectivity index (χ1) is 8.75. The van der Waals surface area contributed by atoms with Crippen molar-refractivity contribution in [2.24, 2.45) is 5.92 Å². The summed E-state index contributed by atoms with van der Waals surface area (Å²) in [6, 6.07) is -0.130. The quantitative estimate of drug-likeness (QED) is 0.759. The molecular formula is C14H22N2O2. The van der Waals surface area contributed by atoms with Crippen molar-refractivity contribution in [3.8, 4) is 0 Å². The van der Waals surface area contributed by atoms with E-state index in [-0.39, 0.29) is 17.9 Å². The predicted molar refractivity (Wildman–Crippen MR) is 67.9 cm³/mol. The summed E-state index contributed by atoms with van der Waals surface area (Å²) in [6.07, 6.45) is 8.24. The minimum Gasteiger partial charge on any atom is -0.332 e. The monoisotopic (exact) mass is 250 g/mol. The maximum Gasteiger partial charge on any atom is 0.245 e. The van der Waals surface area contributed by atoms with Crippen LogP contribution in [0.5, 0.6) is 0 Å².